The van der Waals surface area contributed by atoms with Gasteiger partial charge in [0.15, 0.2) is 5.82 Å². The molecule has 0 unspecified atom stereocenters. The van der Waals surface area contributed by atoms with E-state index in [0.29, 0.717) is 12.4 Å². The van der Waals surface area contributed by atoms with Crippen LogP contribution in [0.5, 0.6) is 5.75 Å². The third-order valence-electron chi connectivity index (χ3n) is 2.68. The molecule has 0 spiro atoms. The Morgan fingerprint density at radius 1 is 1.16 bits per heavy atom. The van der Waals surface area contributed by atoms with Crippen LogP contribution in [0.4, 0.5) is 5.82 Å². The molecule has 1 aromatic heterocycles. The van der Waals surface area contributed by atoms with Gasteiger partial charge in [0.25, 0.3) is 0 Å². The third-order valence-corrected chi connectivity index (χ3v) is 2.68. The van der Waals surface area contributed by atoms with Crippen LogP contribution >= 0.6 is 0 Å². The van der Waals surface area contributed by atoms with Crippen LogP contribution in [0.1, 0.15) is 5.69 Å². The van der Waals surface area contributed by atoms with Crippen molar-refractivity contribution < 1.29 is 9.47 Å². The summed E-state index contributed by atoms with van der Waals surface area (Å²) in [5.74, 6) is 2.12. The van der Waals surface area contributed by atoms with Crippen LogP contribution in [-0.4, -0.2) is 31.2 Å². The number of nitrogens with zero attached hydrogens (tertiary/aromatic N) is 2. The first kappa shape index (κ1) is 13.3. The molecule has 0 bridgehead atoms. The molecular formula is C14H17N3O2. The largest absolute Gasteiger partial charge is 0.496 e. The summed E-state index contributed by atoms with van der Waals surface area (Å²) in [5, 5.41) is 3.03. The molecule has 1 N–H and O–H groups in total. The maximum atomic E-state index is 5.34. The van der Waals surface area contributed by atoms with Gasteiger partial charge in [-0.05, 0) is 12.1 Å². The molecular weight excluding hydrogens is 242 g/mol. The van der Waals surface area contributed by atoms with E-state index in [2.05, 4.69) is 15.3 Å². The number of rotatable bonds is 5. The normalized spacial score (nSPS) is 10.3. The van der Waals surface area contributed by atoms with Crippen molar-refractivity contribution in [3.05, 3.63) is 36.0 Å². The summed E-state index contributed by atoms with van der Waals surface area (Å²) in [6, 6.07) is 9.54. The number of benzene rings is 1. The van der Waals surface area contributed by atoms with Crippen molar-refractivity contribution >= 4 is 5.82 Å². The van der Waals surface area contributed by atoms with E-state index in [-0.39, 0.29) is 0 Å². The Labute approximate surface area is 112 Å². The molecule has 100 valence electrons. The molecule has 0 aliphatic rings. The molecule has 0 amide bonds. The fourth-order valence-corrected chi connectivity index (χ4v) is 1.80. The summed E-state index contributed by atoms with van der Waals surface area (Å²) in [6.07, 6.45) is 0. The molecule has 5 nitrogen and oxygen atoms in total. The van der Waals surface area contributed by atoms with Gasteiger partial charge in [0.1, 0.15) is 11.6 Å². The van der Waals surface area contributed by atoms with E-state index in [9.17, 15) is 0 Å². The number of hydrogen-bond donors (Lipinski definition) is 1. The molecule has 0 saturated carbocycles. The first-order chi connectivity index (χ1) is 9.28. The van der Waals surface area contributed by atoms with Gasteiger partial charge in [0.2, 0.25) is 0 Å². The van der Waals surface area contributed by atoms with Crippen LogP contribution in [0.25, 0.3) is 11.4 Å². The second kappa shape index (κ2) is 6.15. The number of nitrogens with one attached hydrogen (secondary N) is 1. The van der Waals surface area contributed by atoms with Crippen molar-refractivity contribution in [2.75, 3.05) is 26.6 Å². The molecule has 0 aliphatic carbocycles. The van der Waals surface area contributed by atoms with Crippen molar-refractivity contribution in [2.24, 2.45) is 0 Å². The van der Waals surface area contributed by atoms with E-state index >= 15 is 0 Å². The van der Waals surface area contributed by atoms with E-state index in [4.69, 9.17) is 9.47 Å². The van der Waals surface area contributed by atoms with E-state index in [1.807, 2.05) is 37.4 Å². The molecule has 0 saturated heterocycles. The number of para-hydroxylation sites is 1. The van der Waals surface area contributed by atoms with Gasteiger partial charge in [0, 0.05) is 20.2 Å². The minimum atomic E-state index is 0.444. The summed E-state index contributed by atoms with van der Waals surface area (Å²) in [4.78, 5) is 8.95. The number of anilines is 1. The highest BCUT2D eigenvalue weighted by Gasteiger charge is 2.10. The summed E-state index contributed by atoms with van der Waals surface area (Å²) in [5.41, 5.74) is 1.68. The summed E-state index contributed by atoms with van der Waals surface area (Å²) in [6.45, 7) is 0.444. The first-order valence-corrected chi connectivity index (χ1v) is 5.96. The van der Waals surface area contributed by atoms with Gasteiger partial charge in [0.05, 0.1) is 25.0 Å². The minimum Gasteiger partial charge on any atom is -0.496 e. The zero-order chi connectivity index (χ0) is 13.7. The number of hydrogen-bond acceptors (Lipinski definition) is 5. The van der Waals surface area contributed by atoms with Crippen molar-refractivity contribution in [3.8, 4) is 17.1 Å². The standard InChI is InChI=1S/C14H17N3O2/c1-15-13-8-10(9-18-2)16-14(17-13)11-6-4-5-7-12(11)19-3/h4-8H,9H2,1-3H3,(H,15,16,17). The van der Waals surface area contributed by atoms with E-state index < -0.39 is 0 Å². The summed E-state index contributed by atoms with van der Waals surface area (Å²) >= 11 is 0. The molecule has 1 aromatic carbocycles. The molecule has 2 rings (SSSR count). The number of ether oxygens (including phenoxy) is 2. The lowest BCUT2D eigenvalue weighted by molar-refractivity contribution is 0.181. The van der Waals surface area contributed by atoms with Gasteiger partial charge in [-0.1, -0.05) is 12.1 Å². The highest BCUT2D eigenvalue weighted by atomic mass is 16.5. The molecule has 0 aliphatic heterocycles. The second-order valence-corrected chi connectivity index (χ2v) is 3.95. The van der Waals surface area contributed by atoms with Crippen molar-refractivity contribution in [2.45, 2.75) is 6.61 Å². The molecule has 5 heteroatoms. The van der Waals surface area contributed by atoms with Gasteiger partial charge in [-0.25, -0.2) is 9.97 Å². The van der Waals surface area contributed by atoms with Gasteiger partial charge >= 0.3 is 0 Å². The lowest BCUT2D eigenvalue weighted by Crippen LogP contribution is -2.02. The molecule has 1 heterocycles. The Hall–Kier alpha value is -2.14. The quantitative estimate of drug-likeness (QED) is 0.893. The van der Waals surface area contributed by atoms with Crippen LogP contribution in [0.3, 0.4) is 0 Å². The molecule has 0 atom stereocenters. The van der Waals surface area contributed by atoms with Gasteiger partial charge in [-0.15, -0.1) is 0 Å². The fourth-order valence-electron chi connectivity index (χ4n) is 1.80. The van der Waals surface area contributed by atoms with Crippen molar-refractivity contribution in [1.29, 1.82) is 0 Å². The van der Waals surface area contributed by atoms with Gasteiger partial charge < -0.3 is 14.8 Å². The second-order valence-electron chi connectivity index (χ2n) is 3.95. The Morgan fingerprint density at radius 2 is 1.95 bits per heavy atom. The van der Waals surface area contributed by atoms with Crippen LogP contribution in [0.2, 0.25) is 0 Å². The van der Waals surface area contributed by atoms with E-state index in [0.717, 1.165) is 22.8 Å². The van der Waals surface area contributed by atoms with Crippen molar-refractivity contribution in [3.63, 3.8) is 0 Å². The van der Waals surface area contributed by atoms with E-state index in [1.54, 1.807) is 14.2 Å². The summed E-state index contributed by atoms with van der Waals surface area (Å²) in [7, 11) is 5.10. The zero-order valence-electron chi connectivity index (χ0n) is 11.3. The van der Waals surface area contributed by atoms with Gasteiger partial charge in [-0.2, -0.15) is 0 Å². The monoisotopic (exact) mass is 259 g/mol. The van der Waals surface area contributed by atoms with Crippen LogP contribution < -0.4 is 10.1 Å². The first-order valence-electron chi connectivity index (χ1n) is 5.96. The zero-order valence-corrected chi connectivity index (χ0v) is 11.3. The topological polar surface area (TPSA) is 56.3 Å². The van der Waals surface area contributed by atoms with Crippen molar-refractivity contribution in [1.82, 2.24) is 9.97 Å². The van der Waals surface area contributed by atoms with Gasteiger partial charge in [-0.3, -0.25) is 0 Å². The number of methoxy groups -OCH3 is 2. The maximum absolute atomic E-state index is 5.34. The number of aromatic nitrogens is 2. The molecule has 2 aromatic rings. The van der Waals surface area contributed by atoms with E-state index in [1.165, 1.54) is 0 Å². The Morgan fingerprint density at radius 3 is 2.63 bits per heavy atom. The van der Waals surface area contributed by atoms with Crippen LogP contribution in [-0.2, 0) is 11.3 Å². The molecule has 0 radical (unpaired) electrons. The average Bonchev–Trinajstić information content (AvgIpc) is 2.47. The predicted molar refractivity (Wildman–Crippen MR) is 74.3 cm³/mol. The third kappa shape index (κ3) is 3.00. The maximum Gasteiger partial charge on any atom is 0.165 e. The smallest absolute Gasteiger partial charge is 0.165 e. The average molecular weight is 259 g/mol. The lowest BCUT2D eigenvalue weighted by Gasteiger charge is -2.10. The van der Waals surface area contributed by atoms with Crippen LogP contribution in [0, 0.1) is 0 Å². The Balaban J connectivity index is 2.51. The molecule has 19 heavy (non-hydrogen) atoms. The Bertz CT molecular complexity index is 558. The fraction of sp³-hybridized carbons (Fsp3) is 0.286. The highest BCUT2D eigenvalue weighted by molar-refractivity contribution is 5.65. The van der Waals surface area contributed by atoms with Crippen LogP contribution in [0.15, 0.2) is 30.3 Å². The minimum absolute atomic E-state index is 0.444. The predicted octanol–water partition coefficient (Wildman–Crippen LogP) is 2.34. The Kier molecular flexibility index (Phi) is 4.30. The molecule has 0 fully saturated rings. The SMILES string of the molecule is CNc1cc(COC)nc(-c2ccccc2OC)n1. The summed E-state index contributed by atoms with van der Waals surface area (Å²) < 4.78 is 10.5. The lowest BCUT2D eigenvalue weighted by atomic mass is 10.2. The highest BCUT2D eigenvalue weighted by Crippen LogP contribution is 2.27.